The van der Waals surface area contributed by atoms with Gasteiger partial charge in [-0.25, -0.2) is 4.39 Å². The summed E-state index contributed by atoms with van der Waals surface area (Å²) in [4.78, 5) is 6.47. The van der Waals surface area contributed by atoms with Crippen LogP contribution in [-0.4, -0.2) is 29.3 Å². The third-order valence-corrected chi connectivity index (χ3v) is 4.01. The Morgan fingerprint density at radius 2 is 1.96 bits per heavy atom. The zero-order valence-corrected chi connectivity index (χ0v) is 14.3. The number of aryl methyl sites for hydroxylation is 2. The van der Waals surface area contributed by atoms with E-state index in [1.807, 2.05) is 38.1 Å². The molecule has 5 nitrogen and oxygen atoms in total. The SMILES string of the molecule is Cc1cccc(CNc2nnc(C)c3ncc(N(C)C)cc23)c1F. The van der Waals surface area contributed by atoms with Crippen molar-refractivity contribution in [2.24, 2.45) is 0 Å². The second-order valence-electron chi connectivity index (χ2n) is 6.02. The lowest BCUT2D eigenvalue weighted by Crippen LogP contribution is -2.10. The van der Waals surface area contributed by atoms with Crippen LogP contribution in [0.1, 0.15) is 16.8 Å². The quantitative estimate of drug-likeness (QED) is 0.796. The van der Waals surface area contributed by atoms with Crippen LogP contribution in [0, 0.1) is 19.7 Å². The van der Waals surface area contributed by atoms with Crippen LogP contribution in [-0.2, 0) is 6.54 Å². The number of nitrogens with zero attached hydrogens (tertiary/aromatic N) is 4. The van der Waals surface area contributed by atoms with E-state index in [2.05, 4.69) is 20.5 Å². The highest BCUT2D eigenvalue weighted by Crippen LogP contribution is 2.25. The van der Waals surface area contributed by atoms with Gasteiger partial charge < -0.3 is 10.2 Å². The van der Waals surface area contributed by atoms with Crippen molar-refractivity contribution in [2.45, 2.75) is 20.4 Å². The molecule has 0 spiro atoms. The van der Waals surface area contributed by atoms with Gasteiger partial charge in [-0.2, -0.15) is 5.10 Å². The largest absolute Gasteiger partial charge is 0.376 e. The zero-order chi connectivity index (χ0) is 17.3. The summed E-state index contributed by atoms with van der Waals surface area (Å²) in [6, 6.07) is 7.38. The first-order chi connectivity index (χ1) is 11.5. The molecule has 3 aromatic rings. The maximum atomic E-state index is 14.2. The Labute approximate surface area is 140 Å². The lowest BCUT2D eigenvalue weighted by molar-refractivity contribution is 0.603. The van der Waals surface area contributed by atoms with E-state index in [1.165, 1.54) is 0 Å². The number of fused-ring (bicyclic) bond motifs is 1. The van der Waals surface area contributed by atoms with Crippen LogP contribution in [0.3, 0.4) is 0 Å². The highest BCUT2D eigenvalue weighted by atomic mass is 19.1. The number of halogens is 1. The van der Waals surface area contributed by atoms with Gasteiger partial charge in [0.1, 0.15) is 5.82 Å². The molecule has 2 aromatic heterocycles. The van der Waals surface area contributed by atoms with Gasteiger partial charge >= 0.3 is 0 Å². The van der Waals surface area contributed by atoms with Crippen molar-refractivity contribution in [3.05, 3.63) is 53.1 Å². The molecule has 0 saturated heterocycles. The molecule has 0 unspecified atom stereocenters. The van der Waals surface area contributed by atoms with Crippen molar-refractivity contribution in [3.8, 4) is 0 Å². The van der Waals surface area contributed by atoms with Gasteiger partial charge in [0.05, 0.1) is 23.1 Å². The van der Waals surface area contributed by atoms with Gasteiger partial charge in [-0.15, -0.1) is 5.10 Å². The van der Waals surface area contributed by atoms with E-state index in [1.54, 1.807) is 25.3 Å². The number of hydrogen-bond donors (Lipinski definition) is 1. The molecule has 124 valence electrons. The second-order valence-corrected chi connectivity index (χ2v) is 6.02. The molecule has 0 aliphatic heterocycles. The maximum Gasteiger partial charge on any atom is 0.158 e. The molecule has 0 amide bonds. The maximum absolute atomic E-state index is 14.2. The summed E-state index contributed by atoms with van der Waals surface area (Å²) in [5, 5.41) is 12.5. The van der Waals surface area contributed by atoms with Gasteiger partial charge in [-0.3, -0.25) is 4.98 Å². The van der Waals surface area contributed by atoms with Crippen LogP contribution < -0.4 is 10.2 Å². The van der Waals surface area contributed by atoms with E-state index in [9.17, 15) is 4.39 Å². The summed E-state index contributed by atoms with van der Waals surface area (Å²) < 4.78 is 14.2. The molecule has 0 radical (unpaired) electrons. The van der Waals surface area contributed by atoms with Crippen LogP contribution in [0.5, 0.6) is 0 Å². The van der Waals surface area contributed by atoms with Crippen molar-refractivity contribution < 1.29 is 4.39 Å². The number of nitrogens with one attached hydrogen (secondary N) is 1. The predicted octanol–water partition coefficient (Wildman–Crippen LogP) is 3.46. The minimum Gasteiger partial charge on any atom is -0.376 e. The van der Waals surface area contributed by atoms with Gasteiger partial charge in [-0.1, -0.05) is 18.2 Å². The molecular formula is C18H20FN5. The van der Waals surface area contributed by atoms with Crippen LogP contribution in [0.15, 0.2) is 30.5 Å². The van der Waals surface area contributed by atoms with E-state index in [0.717, 1.165) is 22.3 Å². The lowest BCUT2D eigenvalue weighted by atomic mass is 10.1. The number of rotatable bonds is 4. The van der Waals surface area contributed by atoms with Crippen molar-refractivity contribution in [1.29, 1.82) is 0 Å². The van der Waals surface area contributed by atoms with Crippen molar-refractivity contribution in [2.75, 3.05) is 24.3 Å². The van der Waals surface area contributed by atoms with Gasteiger partial charge in [0.15, 0.2) is 5.82 Å². The average molecular weight is 325 g/mol. The fraction of sp³-hybridized carbons (Fsp3) is 0.278. The second kappa shape index (κ2) is 6.39. The van der Waals surface area contributed by atoms with E-state index in [0.29, 0.717) is 23.5 Å². The Bertz CT molecular complexity index is 892. The first kappa shape index (κ1) is 16.1. The van der Waals surface area contributed by atoms with Crippen LogP contribution in [0.4, 0.5) is 15.9 Å². The van der Waals surface area contributed by atoms with Gasteiger partial charge in [-0.05, 0) is 25.5 Å². The van der Waals surface area contributed by atoms with Crippen LogP contribution in [0.25, 0.3) is 10.9 Å². The topological polar surface area (TPSA) is 53.9 Å². The van der Waals surface area contributed by atoms with E-state index in [4.69, 9.17) is 0 Å². The standard InChI is InChI=1S/C18H20FN5/c1-11-6-5-7-13(16(11)19)9-21-18-15-8-14(24(3)4)10-20-17(15)12(2)22-23-18/h5-8,10H,9H2,1-4H3,(H,21,23). The molecular weight excluding hydrogens is 305 g/mol. The number of benzene rings is 1. The average Bonchev–Trinajstić information content (AvgIpc) is 2.57. The highest BCUT2D eigenvalue weighted by Gasteiger charge is 2.11. The summed E-state index contributed by atoms with van der Waals surface area (Å²) in [5.74, 6) is 0.411. The molecule has 24 heavy (non-hydrogen) atoms. The molecule has 0 aliphatic carbocycles. The molecule has 1 N–H and O–H groups in total. The minimum atomic E-state index is -0.193. The molecule has 0 saturated carbocycles. The summed E-state index contributed by atoms with van der Waals surface area (Å²) in [6.45, 7) is 3.97. The van der Waals surface area contributed by atoms with Crippen molar-refractivity contribution in [1.82, 2.24) is 15.2 Å². The fourth-order valence-electron chi connectivity index (χ4n) is 2.55. The number of pyridine rings is 1. The Morgan fingerprint density at radius 1 is 1.17 bits per heavy atom. The number of aromatic nitrogens is 3. The van der Waals surface area contributed by atoms with Crippen LogP contribution in [0.2, 0.25) is 0 Å². The van der Waals surface area contributed by atoms with Crippen molar-refractivity contribution in [3.63, 3.8) is 0 Å². The van der Waals surface area contributed by atoms with Gasteiger partial charge in [0.2, 0.25) is 0 Å². The molecule has 3 rings (SSSR count). The van der Waals surface area contributed by atoms with Crippen LogP contribution >= 0.6 is 0 Å². The van der Waals surface area contributed by atoms with E-state index < -0.39 is 0 Å². The summed E-state index contributed by atoms with van der Waals surface area (Å²) in [5.41, 5.74) is 3.76. The number of hydrogen-bond acceptors (Lipinski definition) is 5. The Balaban J connectivity index is 1.98. The first-order valence-corrected chi connectivity index (χ1v) is 7.75. The predicted molar refractivity (Wildman–Crippen MR) is 94.9 cm³/mol. The molecule has 2 heterocycles. The third kappa shape index (κ3) is 2.99. The van der Waals surface area contributed by atoms with Crippen molar-refractivity contribution >= 4 is 22.4 Å². The van der Waals surface area contributed by atoms with E-state index >= 15 is 0 Å². The summed E-state index contributed by atoms with van der Waals surface area (Å²) in [7, 11) is 3.92. The lowest BCUT2D eigenvalue weighted by Gasteiger charge is -2.15. The first-order valence-electron chi connectivity index (χ1n) is 7.75. The molecule has 0 atom stereocenters. The molecule has 6 heteroatoms. The zero-order valence-electron chi connectivity index (χ0n) is 14.3. The Kier molecular flexibility index (Phi) is 4.29. The van der Waals surface area contributed by atoms with E-state index in [-0.39, 0.29) is 5.82 Å². The normalized spacial score (nSPS) is 10.9. The summed E-state index contributed by atoms with van der Waals surface area (Å²) in [6.07, 6.45) is 1.81. The minimum absolute atomic E-state index is 0.193. The fourth-order valence-corrected chi connectivity index (χ4v) is 2.55. The Morgan fingerprint density at radius 3 is 2.71 bits per heavy atom. The molecule has 0 aliphatic rings. The number of anilines is 2. The highest BCUT2D eigenvalue weighted by molar-refractivity contribution is 5.92. The monoisotopic (exact) mass is 325 g/mol. The molecule has 0 bridgehead atoms. The smallest absolute Gasteiger partial charge is 0.158 e. The molecule has 1 aromatic carbocycles. The molecule has 0 fully saturated rings. The summed E-state index contributed by atoms with van der Waals surface area (Å²) >= 11 is 0. The third-order valence-electron chi connectivity index (χ3n) is 4.01. The van der Waals surface area contributed by atoms with Gasteiger partial charge in [0, 0.05) is 31.6 Å². The van der Waals surface area contributed by atoms with Gasteiger partial charge in [0.25, 0.3) is 0 Å². The Hall–Kier alpha value is -2.76.